The average Bonchev–Trinajstić information content (AvgIpc) is 2.90. The summed E-state index contributed by atoms with van der Waals surface area (Å²) >= 11 is 6.20. The molecule has 22 heavy (non-hydrogen) atoms. The molecule has 0 bridgehead atoms. The van der Waals surface area contributed by atoms with Crippen molar-refractivity contribution in [2.24, 2.45) is 0 Å². The first-order valence-corrected chi connectivity index (χ1v) is 7.35. The van der Waals surface area contributed by atoms with E-state index in [1.54, 1.807) is 19.2 Å². The van der Waals surface area contributed by atoms with Crippen LogP contribution in [0.15, 0.2) is 30.3 Å². The van der Waals surface area contributed by atoms with Crippen molar-refractivity contribution in [2.45, 2.75) is 13.8 Å². The van der Waals surface area contributed by atoms with Crippen LogP contribution in [0.25, 0.3) is 22.2 Å². The van der Waals surface area contributed by atoms with Crippen LogP contribution >= 0.6 is 11.6 Å². The molecule has 0 aliphatic heterocycles. The number of rotatable bonds is 3. The lowest BCUT2D eigenvalue weighted by molar-refractivity contribution is 0.112. The number of carbonyl (C=O) groups is 1. The first kappa shape index (κ1) is 14.7. The maximum absolute atomic E-state index is 11.6. The number of aldehydes is 1. The number of halogens is 1. The van der Waals surface area contributed by atoms with Crippen molar-refractivity contribution in [2.75, 3.05) is 7.11 Å². The normalized spacial score (nSPS) is 10.9. The fourth-order valence-corrected chi connectivity index (χ4v) is 2.96. The predicted octanol–water partition coefficient (Wildman–Crippen LogP) is 4.93. The molecule has 0 aliphatic rings. The van der Waals surface area contributed by atoms with Crippen molar-refractivity contribution in [3.8, 4) is 17.0 Å². The highest BCUT2D eigenvalue weighted by atomic mass is 35.5. The van der Waals surface area contributed by atoms with Crippen molar-refractivity contribution < 1.29 is 9.53 Å². The van der Waals surface area contributed by atoms with Crippen LogP contribution in [0.5, 0.6) is 5.75 Å². The second kappa shape index (κ2) is 5.50. The van der Waals surface area contributed by atoms with Crippen molar-refractivity contribution in [3.63, 3.8) is 0 Å². The molecule has 0 radical (unpaired) electrons. The maximum atomic E-state index is 11.6. The van der Waals surface area contributed by atoms with Crippen LogP contribution in [0.3, 0.4) is 0 Å². The molecule has 3 nitrogen and oxygen atoms in total. The molecule has 0 aliphatic carbocycles. The van der Waals surface area contributed by atoms with E-state index in [9.17, 15) is 4.79 Å². The van der Waals surface area contributed by atoms with E-state index in [0.29, 0.717) is 16.3 Å². The standard InChI is InChI=1S/C18H16ClNO2/c1-10-4-6-13-14(9-21)18(20-17(13)11(10)2)12-5-7-16(22-3)15(19)8-12/h4-9,20H,1-3H3. The summed E-state index contributed by atoms with van der Waals surface area (Å²) in [6.45, 7) is 4.10. The Balaban J connectivity index is 2.29. The maximum Gasteiger partial charge on any atom is 0.152 e. The smallest absolute Gasteiger partial charge is 0.152 e. The second-order valence-corrected chi connectivity index (χ2v) is 5.72. The number of benzene rings is 2. The van der Waals surface area contributed by atoms with Gasteiger partial charge in [-0.1, -0.05) is 23.7 Å². The number of fused-ring (bicyclic) bond motifs is 1. The third-order valence-electron chi connectivity index (χ3n) is 4.10. The summed E-state index contributed by atoms with van der Waals surface area (Å²) in [6, 6.07) is 9.51. The van der Waals surface area contributed by atoms with Crippen LogP contribution in [-0.2, 0) is 0 Å². The second-order valence-electron chi connectivity index (χ2n) is 5.31. The highest BCUT2D eigenvalue weighted by Crippen LogP contribution is 2.35. The summed E-state index contributed by atoms with van der Waals surface area (Å²) in [5, 5.41) is 1.45. The van der Waals surface area contributed by atoms with Crippen molar-refractivity contribution in [1.82, 2.24) is 4.98 Å². The minimum absolute atomic E-state index is 0.517. The summed E-state index contributed by atoms with van der Waals surface area (Å²) in [5.74, 6) is 0.612. The first-order chi connectivity index (χ1) is 10.6. The van der Waals surface area contributed by atoms with Gasteiger partial charge in [-0.3, -0.25) is 4.79 Å². The fraction of sp³-hybridized carbons (Fsp3) is 0.167. The van der Waals surface area contributed by atoms with Crippen LogP contribution < -0.4 is 4.74 Å². The number of aromatic nitrogens is 1. The fourth-order valence-electron chi connectivity index (χ4n) is 2.70. The molecule has 0 saturated carbocycles. The van der Waals surface area contributed by atoms with Gasteiger partial charge >= 0.3 is 0 Å². The predicted molar refractivity (Wildman–Crippen MR) is 90.2 cm³/mol. The molecule has 1 N–H and O–H groups in total. The van der Waals surface area contributed by atoms with E-state index in [1.165, 1.54) is 5.56 Å². The largest absolute Gasteiger partial charge is 0.495 e. The lowest BCUT2D eigenvalue weighted by Gasteiger charge is -2.05. The molecule has 112 valence electrons. The van der Waals surface area contributed by atoms with E-state index >= 15 is 0 Å². The summed E-state index contributed by atoms with van der Waals surface area (Å²) in [6.07, 6.45) is 0.890. The van der Waals surface area contributed by atoms with Gasteiger partial charge in [-0.2, -0.15) is 0 Å². The number of ether oxygens (including phenoxy) is 1. The topological polar surface area (TPSA) is 42.1 Å². The van der Waals surface area contributed by atoms with Gasteiger partial charge in [0.25, 0.3) is 0 Å². The van der Waals surface area contributed by atoms with Crippen LogP contribution in [0.4, 0.5) is 0 Å². The Bertz CT molecular complexity index is 880. The molecule has 0 amide bonds. The monoisotopic (exact) mass is 313 g/mol. The van der Waals surface area contributed by atoms with Gasteiger partial charge in [0.2, 0.25) is 0 Å². The van der Waals surface area contributed by atoms with Crippen LogP contribution in [0.1, 0.15) is 21.5 Å². The number of H-pyrrole nitrogens is 1. The Kier molecular flexibility index (Phi) is 3.67. The molecule has 0 saturated heterocycles. The lowest BCUT2D eigenvalue weighted by atomic mass is 10.0. The first-order valence-electron chi connectivity index (χ1n) is 6.97. The quantitative estimate of drug-likeness (QED) is 0.697. The number of nitrogens with one attached hydrogen (secondary N) is 1. The molecule has 2 aromatic carbocycles. The molecular formula is C18H16ClNO2. The molecule has 3 aromatic rings. The van der Waals surface area contributed by atoms with Crippen molar-refractivity contribution >= 4 is 28.8 Å². The zero-order valence-corrected chi connectivity index (χ0v) is 13.4. The Morgan fingerprint density at radius 2 is 1.95 bits per heavy atom. The van der Waals surface area contributed by atoms with Crippen LogP contribution in [-0.4, -0.2) is 18.4 Å². The molecule has 0 unspecified atom stereocenters. The highest BCUT2D eigenvalue weighted by Gasteiger charge is 2.15. The van der Waals surface area contributed by atoms with Gasteiger partial charge in [0.1, 0.15) is 5.75 Å². The molecule has 0 spiro atoms. The molecule has 1 aromatic heterocycles. The molecule has 0 fully saturated rings. The van der Waals surface area contributed by atoms with Crippen molar-refractivity contribution in [3.05, 3.63) is 52.0 Å². The molecule has 3 rings (SSSR count). The minimum atomic E-state index is 0.517. The van der Waals surface area contributed by atoms with E-state index in [-0.39, 0.29) is 0 Å². The number of carbonyl (C=O) groups excluding carboxylic acids is 1. The number of hydrogen-bond acceptors (Lipinski definition) is 2. The number of aryl methyl sites for hydroxylation is 2. The Morgan fingerprint density at radius 3 is 2.59 bits per heavy atom. The van der Waals surface area contributed by atoms with Gasteiger partial charge in [-0.05, 0) is 43.2 Å². The summed E-state index contributed by atoms with van der Waals surface area (Å²) in [5.41, 5.74) is 5.62. The lowest BCUT2D eigenvalue weighted by Crippen LogP contribution is -1.87. The van der Waals surface area contributed by atoms with Gasteiger partial charge in [0, 0.05) is 22.0 Å². The molecule has 0 atom stereocenters. The van der Waals surface area contributed by atoms with Crippen LogP contribution in [0, 0.1) is 13.8 Å². The van der Waals surface area contributed by atoms with E-state index in [2.05, 4.69) is 11.9 Å². The zero-order valence-electron chi connectivity index (χ0n) is 12.7. The third kappa shape index (κ3) is 2.18. The summed E-state index contributed by atoms with van der Waals surface area (Å²) in [7, 11) is 1.58. The average molecular weight is 314 g/mol. The van der Waals surface area contributed by atoms with Gasteiger partial charge in [0.05, 0.1) is 17.8 Å². The summed E-state index contributed by atoms with van der Waals surface area (Å²) < 4.78 is 5.17. The minimum Gasteiger partial charge on any atom is -0.495 e. The van der Waals surface area contributed by atoms with E-state index in [4.69, 9.17) is 16.3 Å². The van der Waals surface area contributed by atoms with E-state index < -0.39 is 0 Å². The van der Waals surface area contributed by atoms with E-state index in [0.717, 1.165) is 34.0 Å². The Hall–Kier alpha value is -2.26. The van der Waals surface area contributed by atoms with Gasteiger partial charge in [-0.15, -0.1) is 0 Å². The SMILES string of the molecule is COc1ccc(-c2[nH]c3c(C)c(C)ccc3c2C=O)cc1Cl. The van der Waals surface area contributed by atoms with Gasteiger partial charge in [0.15, 0.2) is 6.29 Å². The number of hydrogen-bond donors (Lipinski definition) is 1. The van der Waals surface area contributed by atoms with E-state index in [1.807, 2.05) is 25.1 Å². The number of aromatic amines is 1. The molecule has 4 heteroatoms. The Labute approximate surface area is 133 Å². The molecular weight excluding hydrogens is 298 g/mol. The van der Waals surface area contributed by atoms with Gasteiger partial charge in [-0.25, -0.2) is 0 Å². The van der Waals surface area contributed by atoms with Crippen molar-refractivity contribution in [1.29, 1.82) is 0 Å². The number of methoxy groups -OCH3 is 1. The highest BCUT2D eigenvalue weighted by molar-refractivity contribution is 6.32. The third-order valence-corrected chi connectivity index (χ3v) is 4.40. The molecule has 1 heterocycles. The summed E-state index contributed by atoms with van der Waals surface area (Å²) in [4.78, 5) is 15.0. The zero-order chi connectivity index (χ0) is 15.9. The van der Waals surface area contributed by atoms with Crippen LogP contribution in [0.2, 0.25) is 5.02 Å². The Morgan fingerprint density at radius 1 is 1.18 bits per heavy atom. The van der Waals surface area contributed by atoms with Gasteiger partial charge < -0.3 is 9.72 Å².